The second-order valence-corrected chi connectivity index (χ2v) is 20.7. The molecule has 16 heteroatoms. The van der Waals surface area contributed by atoms with E-state index in [9.17, 15) is 26.7 Å². The molecule has 2 aliphatic heterocycles. The number of carboxylic acids is 1. The van der Waals surface area contributed by atoms with Crippen LogP contribution in [0.15, 0.2) is 66.7 Å². The summed E-state index contributed by atoms with van der Waals surface area (Å²) in [6.45, 7) is 2.83. The van der Waals surface area contributed by atoms with Gasteiger partial charge in [-0.25, -0.2) is 21.8 Å². The van der Waals surface area contributed by atoms with Crippen molar-refractivity contribution in [1.29, 1.82) is 0 Å². The van der Waals surface area contributed by atoms with Gasteiger partial charge < -0.3 is 10.0 Å². The molecule has 4 heterocycles. The zero-order valence-electron chi connectivity index (χ0n) is 28.4. The highest BCUT2D eigenvalue weighted by Gasteiger charge is 2.31. The highest BCUT2D eigenvalue weighted by Crippen LogP contribution is 2.37. The van der Waals surface area contributed by atoms with Gasteiger partial charge in [0.15, 0.2) is 0 Å². The van der Waals surface area contributed by atoms with E-state index in [1.54, 1.807) is 34.6 Å². The highest BCUT2D eigenvalue weighted by atomic mass is 79.9. The highest BCUT2D eigenvalue weighted by molar-refractivity contribution is 9.11. The quantitative estimate of drug-likeness (QED) is 0.129. The fraction of sp³-hybridized carbons (Fsp3) is 0.543. The van der Waals surface area contributed by atoms with Crippen LogP contribution >= 0.6 is 54.8 Å². The van der Waals surface area contributed by atoms with Crippen LogP contribution in [0, 0.1) is 11.8 Å². The third kappa shape index (κ3) is 11.2. The monoisotopic (exact) mass is 906 g/mol. The molecule has 1 atom stereocenters. The van der Waals surface area contributed by atoms with Crippen LogP contribution in [-0.4, -0.2) is 69.4 Å². The van der Waals surface area contributed by atoms with Crippen molar-refractivity contribution < 1.29 is 26.7 Å². The lowest BCUT2D eigenvalue weighted by molar-refractivity contribution is -0.138. The number of hydrogen-bond acceptors (Lipinski definition) is 8. The van der Waals surface area contributed by atoms with E-state index in [2.05, 4.69) is 46.5 Å². The molecule has 10 nitrogen and oxygen atoms in total. The van der Waals surface area contributed by atoms with Crippen molar-refractivity contribution in [2.45, 2.75) is 92.2 Å². The summed E-state index contributed by atoms with van der Waals surface area (Å²) < 4.78 is 58.0. The maximum Gasteiger partial charge on any atom is 0.322 e. The van der Waals surface area contributed by atoms with Crippen LogP contribution in [0.25, 0.3) is 0 Å². The van der Waals surface area contributed by atoms with Gasteiger partial charge in [0.05, 0.1) is 4.47 Å². The molecule has 0 amide bonds. The van der Waals surface area contributed by atoms with Gasteiger partial charge in [-0.15, -0.1) is 11.3 Å². The molecule has 0 spiro atoms. The number of sulfonamides is 2. The Bertz CT molecular complexity index is 1810. The number of aliphatic carboxylic acids is 1. The molecule has 2 N–H and O–H groups in total. The first kappa shape index (κ1) is 40.6. The summed E-state index contributed by atoms with van der Waals surface area (Å²) in [7, 11) is -7.59. The summed E-state index contributed by atoms with van der Waals surface area (Å²) in [6.07, 6.45) is 13.7. The number of nitrogens with zero attached hydrogens (tertiary/aromatic N) is 3. The molecule has 3 aromatic rings. The van der Waals surface area contributed by atoms with E-state index in [0.29, 0.717) is 48.2 Å². The maximum absolute atomic E-state index is 13.1. The molecule has 1 aromatic carbocycles. The van der Waals surface area contributed by atoms with E-state index in [-0.39, 0.29) is 11.3 Å². The topological polar surface area (TPSA) is 137 Å². The number of rotatable bonds is 17. The molecule has 0 radical (unpaired) electrons. The Morgan fingerprint density at radius 3 is 2.04 bits per heavy atom. The number of hydrogen-bond donors (Lipinski definition) is 2. The molecule has 0 aliphatic carbocycles. The number of thiophene rings is 1. The minimum atomic E-state index is -4.11. The molecule has 2 fully saturated rings. The zero-order chi connectivity index (χ0) is 36.6. The van der Waals surface area contributed by atoms with Gasteiger partial charge >= 0.3 is 5.97 Å². The number of benzene rings is 1. The first-order valence-electron chi connectivity index (χ1n) is 17.5. The maximum atomic E-state index is 13.1. The fourth-order valence-corrected chi connectivity index (χ4v) is 12.8. The Hall–Kier alpha value is -1.59. The van der Waals surface area contributed by atoms with Crippen LogP contribution < -0.4 is 9.62 Å². The lowest BCUT2D eigenvalue weighted by atomic mass is 9.90. The van der Waals surface area contributed by atoms with Crippen LogP contribution in [0.4, 0.5) is 5.82 Å². The Morgan fingerprint density at radius 1 is 0.902 bits per heavy atom. The van der Waals surface area contributed by atoms with E-state index in [1.165, 1.54) is 50.8 Å². The van der Waals surface area contributed by atoms with Gasteiger partial charge in [0.2, 0.25) is 10.0 Å². The van der Waals surface area contributed by atoms with Crippen molar-refractivity contribution in [3.8, 4) is 0 Å². The second kappa shape index (κ2) is 18.6. The Labute approximate surface area is 327 Å². The van der Waals surface area contributed by atoms with Gasteiger partial charge in [0.1, 0.15) is 25.3 Å². The number of anilines is 1. The van der Waals surface area contributed by atoms with Crippen LogP contribution in [0.5, 0.6) is 0 Å². The van der Waals surface area contributed by atoms with Gasteiger partial charge in [-0.2, -0.15) is 9.03 Å². The number of pyridine rings is 1. The third-order valence-electron chi connectivity index (χ3n) is 9.91. The number of nitrogens with one attached hydrogen (secondary N) is 1. The molecule has 2 aliphatic rings. The number of unbranched alkanes of at least 4 members (excludes halogenated alkanes) is 4. The van der Waals surface area contributed by atoms with Gasteiger partial charge in [0, 0.05) is 36.8 Å². The van der Waals surface area contributed by atoms with Crippen molar-refractivity contribution >= 4 is 86.6 Å². The Balaban J connectivity index is 0.964. The van der Waals surface area contributed by atoms with Crippen molar-refractivity contribution in [2.24, 2.45) is 11.8 Å². The molecule has 0 bridgehead atoms. The molecule has 2 saturated heterocycles. The van der Waals surface area contributed by atoms with E-state index in [1.807, 2.05) is 6.07 Å². The SMILES string of the molecule is O=C(O)C(Cc1ccccc1)NS(=O)(=O)c1cnc(N2CCC(CCCCCCCC3CCN(S(=O)(=O)c4cc(Br)c(Cl)s4)CC3)CC2)c(Br)c1. The predicted molar refractivity (Wildman–Crippen MR) is 210 cm³/mol. The molecule has 0 saturated carbocycles. The standard InChI is InChI=1S/C35H45Br2ClN4O6S3/c36-29-23-32(49-33(29)38)51(47,48)42-19-15-26(16-20-42)10-6-3-1-2-5-9-25-13-17-41(18-14-25)34-30(37)22-28(24-39-34)50(45,46)40-31(35(43)44)21-27-11-7-4-8-12-27/h4,7-8,11-12,22-26,31,40H,1-3,5-6,9-10,13-21H2,(H,43,44). The number of carboxylic acid groups (broad SMARTS) is 1. The summed E-state index contributed by atoms with van der Waals surface area (Å²) in [5.41, 5.74) is 0.721. The van der Waals surface area contributed by atoms with Crippen molar-refractivity contribution in [2.75, 3.05) is 31.1 Å². The van der Waals surface area contributed by atoms with E-state index >= 15 is 0 Å². The fourth-order valence-electron chi connectivity index (χ4n) is 6.93. The first-order chi connectivity index (χ1) is 24.3. The summed E-state index contributed by atoms with van der Waals surface area (Å²) in [6, 6.07) is 10.7. The largest absolute Gasteiger partial charge is 0.480 e. The van der Waals surface area contributed by atoms with Crippen LogP contribution in [0.2, 0.25) is 4.34 Å². The Morgan fingerprint density at radius 2 is 1.49 bits per heavy atom. The van der Waals surface area contributed by atoms with Gasteiger partial charge in [0.25, 0.3) is 10.0 Å². The average Bonchev–Trinajstić information content (AvgIpc) is 3.46. The molecular formula is C35H45Br2ClN4O6S3. The molecule has 280 valence electrons. The summed E-state index contributed by atoms with van der Waals surface area (Å²) in [5.74, 6) is 0.694. The minimum absolute atomic E-state index is 0.0286. The van der Waals surface area contributed by atoms with Crippen molar-refractivity contribution in [3.05, 3.63) is 67.5 Å². The van der Waals surface area contributed by atoms with Crippen molar-refractivity contribution in [3.63, 3.8) is 0 Å². The van der Waals surface area contributed by atoms with Gasteiger partial charge in [-0.05, 0) is 93.5 Å². The Kier molecular flexibility index (Phi) is 14.8. The summed E-state index contributed by atoms with van der Waals surface area (Å²) in [4.78, 5) is 18.4. The van der Waals surface area contributed by atoms with Crippen LogP contribution in [-0.2, 0) is 31.3 Å². The second-order valence-electron chi connectivity index (χ2n) is 13.5. The molecule has 51 heavy (non-hydrogen) atoms. The summed E-state index contributed by atoms with van der Waals surface area (Å²) >= 11 is 14.0. The summed E-state index contributed by atoms with van der Waals surface area (Å²) in [5, 5.41) is 9.66. The number of halogens is 3. The van der Waals surface area contributed by atoms with Gasteiger partial charge in [-0.3, -0.25) is 4.79 Å². The van der Waals surface area contributed by atoms with E-state index in [4.69, 9.17) is 11.6 Å². The smallest absolute Gasteiger partial charge is 0.322 e. The van der Waals surface area contributed by atoms with E-state index < -0.39 is 32.1 Å². The predicted octanol–water partition coefficient (Wildman–Crippen LogP) is 8.34. The molecule has 1 unspecified atom stereocenters. The van der Waals surface area contributed by atoms with Gasteiger partial charge in [-0.1, -0.05) is 86.9 Å². The van der Waals surface area contributed by atoms with Crippen molar-refractivity contribution in [1.82, 2.24) is 14.0 Å². The lowest BCUT2D eigenvalue weighted by Gasteiger charge is -2.33. The van der Waals surface area contributed by atoms with Crippen LogP contribution in [0.3, 0.4) is 0 Å². The third-order valence-corrected chi connectivity index (χ3v) is 16.8. The van der Waals surface area contributed by atoms with E-state index in [0.717, 1.165) is 62.1 Å². The molecule has 5 rings (SSSR count). The normalized spacial score (nSPS) is 17.5. The number of piperidine rings is 2. The number of carbonyl (C=O) groups is 1. The lowest BCUT2D eigenvalue weighted by Crippen LogP contribution is -2.42. The minimum Gasteiger partial charge on any atom is -0.480 e. The average molecular weight is 909 g/mol. The van der Waals surface area contributed by atoms with Crippen LogP contribution in [0.1, 0.15) is 76.2 Å². The molecular weight excluding hydrogens is 864 g/mol. The first-order valence-corrected chi connectivity index (χ1v) is 23.2. The molecule has 2 aromatic heterocycles. The number of aromatic nitrogens is 1. The zero-order valence-corrected chi connectivity index (χ0v) is 34.7.